The topological polar surface area (TPSA) is 75.0 Å². The molecule has 0 atom stereocenters. The summed E-state index contributed by atoms with van der Waals surface area (Å²) in [5.41, 5.74) is 8.27. The highest BCUT2D eigenvalue weighted by atomic mass is 16.2. The van der Waals surface area contributed by atoms with Gasteiger partial charge in [-0.15, -0.1) is 0 Å². The van der Waals surface area contributed by atoms with Crippen LogP contribution in [0.3, 0.4) is 0 Å². The molecule has 1 aromatic rings. The number of rotatable bonds is 4. The average Bonchev–Trinajstić information content (AvgIpc) is 2.57. The van der Waals surface area contributed by atoms with Gasteiger partial charge < -0.3 is 10.6 Å². The summed E-state index contributed by atoms with van der Waals surface area (Å²) in [6, 6.07) is 0. The Hall–Kier alpha value is -1.78. The number of aromatic nitrogens is 2. The maximum absolute atomic E-state index is 12.0. The maximum Gasteiger partial charge on any atom is 0.276 e. The van der Waals surface area contributed by atoms with Crippen LogP contribution in [0.25, 0.3) is 0 Å². The largest absolute Gasteiger partial charge is 0.395 e. The summed E-state index contributed by atoms with van der Waals surface area (Å²) < 4.78 is 0. The molecule has 0 aromatic carbocycles. The lowest BCUT2D eigenvalue weighted by atomic mass is 10.2. The van der Waals surface area contributed by atoms with E-state index in [2.05, 4.69) is 16.8 Å². The zero-order valence-corrected chi connectivity index (χ0v) is 10.0. The van der Waals surface area contributed by atoms with Crippen LogP contribution in [0.15, 0.2) is 12.2 Å². The molecule has 5 nitrogen and oxygen atoms in total. The molecule has 1 heterocycles. The van der Waals surface area contributed by atoms with E-state index in [4.69, 9.17) is 5.73 Å². The number of anilines is 1. The molecule has 0 unspecified atom stereocenters. The predicted octanol–water partition coefficient (Wildman–Crippen LogP) is 1.20. The number of carbonyl (C=O) groups excluding carboxylic acids is 1. The Kier molecular flexibility index (Phi) is 3.71. The van der Waals surface area contributed by atoms with Crippen molar-refractivity contribution >= 4 is 11.6 Å². The van der Waals surface area contributed by atoms with Gasteiger partial charge in [-0.1, -0.05) is 19.1 Å². The first-order valence-electron chi connectivity index (χ1n) is 5.19. The predicted molar refractivity (Wildman–Crippen MR) is 64.2 cm³/mol. The summed E-state index contributed by atoms with van der Waals surface area (Å²) in [6.07, 6.45) is 0.732. The molecule has 0 spiro atoms. The minimum atomic E-state index is -0.184. The van der Waals surface area contributed by atoms with Crippen LogP contribution in [0.2, 0.25) is 0 Å². The third-order valence-electron chi connectivity index (χ3n) is 2.29. The molecule has 0 fully saturated rings. The van der Waals surface area contributed by atoms with E-state index in [0.717, 1.165) is 17.7 Å². The van der Waals surface area contributed by atoms with Crippen LogP contribution in [0, 0.1) is 0 Å². The number of nitrogens with two attached hydrogens (primary N) is 1. The lowest BCUT2D eigenvalue weighted by Crippen LogP contribution is -2.29. The molecule has 5 heteroatoms. The molecule has 1 rings (SSSR count). The maximum atomic E-state index is 12.0. The van der Waals surface area contributed by atoms with Gasteiger partial charge in [-0.25, -0.2) is 0 Å². The number of carbonyl (C=O) groups is 1. The summed E-state index contributed by atoms with van der Waals surface area (Å²) in [7, 11) is 1.71. The number of aryl methyl sites for hydroxylation is 1. The highest BCUT2D eigenvalue weighted by Gasteiger charge is 2.19. The minimum absolute atomic E-state index is 0.184. The van der Waals surface area contributed by atoms with Crippen molar-refractivity contribution in [2.24, 2.45) is 0 Å². The summed E-state index contributed by atoms with van der Waals surface area (Å²) in [5.74, 6) is -0.184. The van der Waals surface area contributed by atoms with E-state index in [1.807, 2.05) is 13.8 Å². The standard InChI is InChI=1S/C11H18N4O/c1-5-8-9(12)10(14-13-8)11(16)15(4)6-7(2)3/h2,5-6,12H2,1,3-4H3,(H,13,14). The van der Waals surface area contributed by atoms with Gasteiger partial charge in [0.1, 0.15) is 0 Å². The number of nitrogens with one attached hydrogen (secondary N) is 1. The molecule has 0 bridgehead atoms. The molecule has 16 heavy (non-hydrogen) atoms. The van der Waals surface area contributed by atoms with E-state index < -0.39 is 0 Å². The number of nitrogen functional groups attached to an aromatic ring is 1. The highest BCUT2D eigenvalue weighted by molar-refractivity contribution is 5.97. The van der Waals surface area contributed by atoms with Crippen LogP contribution < -0.4 is 5.73 Å². The second-order valence-electron chi connectivity index (χ2n) is 3.94. The van der Waals surface area contributed by atoms with Crippen molar-refractivity contribution in [1.82, 2.24) is 15.1 Å². The molecule has 1 amide bonds. The minimum Gasteiger partial charge on any atom is -0.395 e. The monoisotopic (exact) mass is 222 g/mol. The Morgan fingerprint density at radius 1 is 1.62 bits per heavy atom. The van der Waals surface area contributed by atoms with E-state index in [1.54, 1.807) is 11.9 Å². The lowest BCUT2D eigenvalue weighted by molar-refractivity contribution is 0.0802. The van der Waals surface area contributed by atoms with Crippen molar-refractivity contribution in [3.8, 4) is 0 Å². The fraction of sp³-hybridized carbons (Fsp3) is 0.455. The van der Waals surface area contributed by atoms with Crippen molar-refractivity contribution in [1.29, 1.82) is 0 Å². The van der Waals surface area contributed by atoms with Crippen LogP contribution in [-0.4, -0.2) is 34.6 Å². The van der Waals surface area contributed by atoms with Gasteiger partial charge in [0, 0.05) is 13.6 Å². The molecule has 0 saturated heterocycles. The van der Waals surface area contributed by atoms with Gasteiger partial charge in [0.25, 0.3) is 5.91 Å². The first-order valence-corrected chi connectivity index (χ1v) is 5.19. The summed E-state index contributed by atoms with van der Waals surface area (Å²) in [6.45, 7) is 8.09. The number of hydrogen-bond acceptors (Lipinski definition) is 3. The Labute approximate surface area is 95.3 Å². The van der Waals surface area contributed by atoms with Gasteiger partial charge in [-0.2, -0.15) is 5.10 Å². The molecule has 0 radical (unpaired) electrons. The van der Waals surface area contributed by atoms with Crippen LogP contribution in [0.4, 0.5) is 5.69 Å². The van der Waals surface area contributed by atoms with Crippen LogP contribution in [0.5, 0.6) is 0 Å². The van der Waals surface area contributed by atoms with E-state index in [0.29, 0.717) is 17.9 Å². The van der Waals surface area contributed by atoms with E-state index in [-0.39, 0.29) is 5.91 Å². The molecule has 88 valence electrons. The summed E-state index contributed by atoms with van der Waals surface area (Å²) in [5, 5.41) is 6.71. The number of aromatic amines is 1. The fourth-order valence-corrected chi connectivity index (χ4v) is 1.48. The van der Waals surface area contributed by atoms with Crippen LogP contribution >= 0.6 is 0 Å². The van der Waals surface area contributed by atoms with Crippen molar-refractivity contribution in [3.63, 3.8) is 0 Å². The molecule has 0 aliphatic rings. The molecule has 3 N–H and O–H groups in total. The first kappa shape index (κ1) is 12.3. The van der Waals surface area contributed by atoms with E-state index in [1.165, 1.54) is 0 Å². The Balaban J connectivity index is 2.87. The highest BCUT2D eigenvalue weighted by Crippen LogP contribution is 2.16. The zero-order chi connectivity index (χ0) is 12.3. The summed E-state index contributed by atoms with van der Waals surface area (Å²) in [4.78, 5) is 13.5. The van der Waals surface area contributed by atoms with Crippen molar-refractivity contribution in [2.75, 3.05) is 19.3 Å². The molecular formula is C11H18N4O. The van der Waals surface area contributed by atoms with Gasteiger partial charge in [0.05, 0.1) is 11.4 Å². The summed E-state index contributed by atoms with van der Waals surface area (Å²) >= 11 is 0. The number of nitrogens with zero attached hydrogens (tertiary/aromatic N) is 2. The molecule has 0 aliphatic heterocycles. The van der Waals surface area contributed by atoms with E-state index in [9.17, 15) is 4.79 Å². The molecule has 0 aliphatic carbocycles. The second-order valence-corrected chi connectivity index (χ2v) is 3.94. The number of hydrogen-bond donors (Lipinski definition) is 2. The lowest BCUT2D eigenvalue weighted by Gasteiger charge is -2.15. The molecular weight excluding hydrogens is 204 g/mol. The number of H-pyrrole nitrogens is 1. The van der Waals surface area contributed by atoms with Crippen molar-refractivity contribution in [2.45, 2.75) is 20.3 Å². The number of likely N-dealkylation sites (N-methyl/N-ethyl adjacent to an activating group) is 1. The Morgan fingerprint density at radius 3 is 2.69 bits per heavy atom. The second kappa shape index (κ2) is 4.83. The smallest absolute Gasteiger partial charge is 0.276 e. The SMILES string of the molecule is C=C(C)CN(C)C(=O)c1n[nH]c(CC)c1N. The van der Waals surface area contributed by atoms with Crippen molar-refractivity contribution in [3.05, 3.63) is 23.5 Å². The van der Waals surface area contributed by atoms with Gasteiger partial charge in [-0.3, -0.25) is 9.89 Å². The zero-order valence-electron chi connectivity index (χ0n) is 10.0. The Bertz CT molecular complexity index is 408. The van der Waals surface area contributed by atoms with Gasteiger partial charge in [0.15, 0.2) is 5.69 Å². The molecule has 0 saturated carbocycles. The van der Waals surface area contributed by atoms with Crippen LogP contribution in [-0.2, 0) is 6.42 Å². The third kappa shape index (κ3) is 2.42. The first-order chi connectivity index (χ1) is 7.47. The van der Waals surface area contributed by atoms with Gasteiger partial charge >= 0.3 is 0 Å². The quantitative estimate of drug-likeness (QED) is 0.752. The van der Waals surface area contributed by atoms with Crippen LogP contribution in [0.1, 0.15) is 30.0 Å². The normalized spacial score (nSPS) is 10.2. The number of amides is 1. The van der Waals surface area contributed by atoms with Gasteiger partial charge in [0.2, 0.25) is 0 Å². The van der Waals surface area contributed by atoms with E-state index >= 15 is 0 Å². The van der Waals surface area contributed by atoms with Crippen molar-refractivity contribution < 1.29 is 4.79 Å². The Morgan fingerprint density at radius 2 is 2.25 bits per heavy atom. The molecule has 1 aromatic heterocycles. The third-order valence-corrected chi connectivity index (χ3v) is 2.29. The average molecular weight is 222 g/mol. The van der Waals surface area contributed by atoms with Gasteiger partial charge in [-0.05, 0) is 13.3 Å². The fourth-order valence-electron chi connectivity index (χ4n) is 1.48.